The first-order valence-electron chi connectivity index (χ1n) is 25.5. The largest absolute Gasteiger partial charge is 0.394 e. The molecule has 3 rings (SSSR count). The second-order valence-electron chi connectivity index (χ2n) is 18.2. The molecule has 0 aliphatic carbocycles. The molecule has 17 unspecified atom stereocenters. The van der Waals surface area contributed by atoms with Crippen LogP contribution in [0.4, 0.5) is 0 Å². The summed E-state index contributed by atoms with van der Waals surface area (Å²) in [5, 5.41) is 119. The van der Waals surface area contributed by atoms with Crippen LogP contribution in [0.2, 0.25) is 0 Å². The minimum Gasteiger partial charge on any atom is -0.394 e. The summed E-state index contributed by atoms with van der Waals surface area (Å²) >= 11 is 0. The highest BCUT2D eigenvalue weighted by molar-refractivity contribution is 5.76. The molecule has 0 bridgehead atoms. The third-order valence-electron chi connectivity index (χ3n) is 12.5. The maximum atomic E-state index is 13.2. The summed E-state index contributed by atoms with van der Waals surface area (Å²) in [5.41, 5.74) is 0. The second kappa shape index (κ2) is 35.6. The number of carbonyl (C=O) groups excluding carboxylic acids is 1. The van der Waals surface area contributed by atoms with Crippen LogP contribution in [0.25, 0.3) is 0 Å². The van der Waals surface area contributed by atoms with Gasteiger partial charge in [-0.1, -0.05) is 120 Å². The van der Waals surface area contributed by atoms with Crippen molar-refractivity contribution < 1.29 is 89.4 Å². The van der Waals surface area contributed by atoms with E-state index in [1.165, 1.54) is 0 Å². The standard InChI is InChI=1S/C51H87NO18/c1-3-5-7-9-11-13-14-15-16-17-18-19-20-21-23-25-27-29-39(57)52-34(35(56)28-26-24-22-12-10-8-6-4-2)33-65-49-45(63)42(60)47(37(31-54)67-49)70-51-46(64)43(61)48(38(32-55)68-51)69-50-44(62)41(59)40(58)36(30-53)66-50/h5,7,10-13,15-16,26,28,34-38,40-51,53-56,58-64H,3-4,6,8-9,14,17-25,27,29-33H2,1-2H3,(H,52,57)/b7-5-,12-10+,13-11-,16-15-,28-26+. The van der Waals surface area contributed by atoms with Crippen molar-refractivity contribution in [3.05, 3.63) is 60.8 Å². The van der Waals surface area contributed by atoms with Gasteiger partial charge >= 0.3 is 0 Å². The van der Waals surface area contributed by atoms with Crippen molar-refractivity contribution in [3.8, 4) is 0 Å². The van der Waals surface area contributed by atoms with Crippen LogP contribution in [0.1, 0.15) is 123 Å². The molecule has 3 fully saturated rings. The topological polar surface area (TPSA) is 307 Å². The number of hydrogen-bond donors (Lipinski definition) is 12. The van der Waals surface area contributed by atoms with Crippen molar-refractivity contribution >= 4 is 5.91 Å². The summed E-state index contributed by atoms with van der Waals surface area (Å²) in [5.74, 6) is -0.305. The van der Waals surface area contributed by atoms with Gasteiger partial charge in [-0.3, -0.25) is 4.79 Å². The fourth-order valence-electron chi connectivity index (χ4n) is 8.26. The quantitative estimate of drug-likeness (QED) is 0.0323. The van der Waals surface area contributed by atoms with E-state index in [4.69, 9.17) is 28.4 Å². The first kappa shape index (κ1) is 61.8. The first-order chi connectivity index (χ1) is 33.8. The number of aliphatic hydroxyl groups is 11. The van der Waals surface area contributed by atoms with Crippen molar-refractivity contribution in [1.29, 1.82) is 0 Å². The maximum Gasteiger partial charge on any atom is 0.220 e. The monoisotopic (exact) mass is 1000 g/mol. The lowest BCUT2D eigenvalue weighted by molar-refractivity contribution is -0.379. The smallest absolute Gasteiger partial charge is 0.220 e. The molecule has 0 aromatic heterocycles. The van der Waals surface area contributed by atoms with Crippen molar-refractivity contribution in [1.82, 2.24) is 5.32 Å². The van der Waals surface area contributed by atoms with Gasteiger partial charge in [0.05, 0.1) is 38.6 Å². The molecular formula is C51H87NO18. The third kappa shape index (κ3) is 21.1. The van der Waals surface area contributed by atoms with Gasteiger partial charge in [-0.25, -0.2) is 0 Å². The fraction of sp³-hybridized carbons (Fsp3) is 0.784. The Morgan fingerprint density at radius 1 is 0.529 bits per heavy atom. The molecule has 0 aromatic carbocycles. The van der Waals surface area contributed by atoms with Crippen LogP contribution in [0, 0.1) is 0 Å². The lowest BCUT2D eigenvalue weighted by Crippen LogP contribution is -2.66. The zero-order valence-corrected chi connectivity index (χ0v) is 41.2. The van der Waals surface area contributed by atoms with E-state index in [2.05, 4.69) is 67.8 Å². The average Bonchev–Trinajstić information content (AvgIpc) is 3.35. The molecule has 1 amide bonds. The highest BCUT2D eigenvalue weighted by Gasteiger charge is 2.53. The predicted molar refractivity (Wildman–Crippen MR) is 258 cm³/mol. The second-order valence-corrected chi connectivity index (χ2v) is 18.2. The molecule has 19 heteroatoms. The Balaban J connectivity index is 1.54. The number of aliphatic hydroxyl groups excluding tert-OH is 11. The molecule has 0 radical (unpaired) electrons. The van der Waals surface area contributed by atoms with Crippen LogP contribution in [-0.2, 0) is 33.2 Å². The molecule has 17 atom stereocenters. The summed E-state index contributed by atoms with van der Waals surface area (Å²) < 4.78 is 34.0. The summed E-state index contributed by atoms with van der Waals surface area (Å²) in [6.45, 7) is 1.44. The van der Waals surface area contributed by atoms with E-state index in [1.807, 2.05) is 0 Å². The molecular weight excluding hydrogens is 915 g/mol. The predicted octanol–water partition coefficient (Wildman–Crippen LogP) is 1.75. The lowest BCUT2D eigenvalue weighted by atomic mass is 9.96. The summed E-state index contributed by atoms with van der Waals surface area (Å²) in [6, 6.07) is -0.993. The third-order valence-corrected chi connectivity index (χ3v) is 12.5. The van der Waals surface area contributed by atoms with Crippen LogP contribution in [0.15, 0.2) is 60.8 Å². The van der Waals surface area contributed by atoms with E-state index in [1.54, 1.807) is 12.2 Å². The van der Waals surface area contributed by atoms with Gasteiger partial charge in [-0.15, -0.1) is 0 Å². The molecule has 3 aliphatic heterocycles. The highest BCUT2D eigenvalue weighted by Crippen LogP contribution is 2.33. The number of amides is 1. The molecule has 404 valence electrons. The van der Waals surface area contributed by atoms with E-state index in [-0.39, 0.29) is 18.9 Å². The average molecular weight is 1000 g/mol. The normalized spacial score (nSPS) is 33.1. The molecule has 12 N–H and O–H groups in total. The van der Waals surface area contributed by atoms with Gasteiger partial charge in [-0.2, -0.15) is 0 Å². The van der Waals surface area contributed by atoms with Crippen LogP contribution >= 0.6 is 0 Å². The Labute approximate surface area is 414 Å². The summed E-state index contributed by atoms with van der Waals surface area (Å²) in [6.07, 6.45) is 9.69. The number of hydrogen-bond acceptors (Lipinski definition) is 18. The van der Waals surface area contributed by atoms with Crippen LogP contribution < -0.4 is 5.32 Å². The van der Waals surface area contributed by atoms with Gasteiger partial charge in [0.25, 0.3) is 0 Å². The van der Waals surface area contributed by atoms with Gasteiger partial charge in [-0.05, 0) is 57.8 Å². The Morgan fingerprint density at radius 3 is 1.60 bits per heavy atom. The Hall–Kier alpha value is -2.51. The maximum absolute atomic E-state index is 13.2. The zero-order valence-electron chi connectivity index (χ0n) is 41.2. The van der Waals surface area contributed by atoms with Crippen LogP contribution in [0.5, 0.6) is 0 Å². The van der Waals surface area contributed by atoms with Crippen LogP contribution in [-0.4, -0.2) is 193 Å². The molecule has 0 spiro atoms. The number of carbonyl (C=O) groups is 1. The zero-order chi connectivity index (χ0) is 51.3. The van der Waals surface area contributed by atoms with Gasteiger partial charge in [0.15, 0.2) is 18.9 Å². The first-order valence-corrected chi connectivity index (χ1v) is 25.5. The van der Waals surface area contributed by atoms with E-state index < -0.39 is 124 Å². The minimum atomic E-state index is -1.98. The Morgan fingerprint density at radius 2 is 1.00 bits per heavy atom. The number of unbranched alkanes of at least 4 members (excludes halogenated alkanes) is 10. The molecule has 3 aliphatic rings. The number of allylic oxidation sites excluding steroid dienone is 9. The van der Waals surface area contributed by atoms with E-state index in [0.717, 1.165) is 89.9 Å². The van der Waals surface area contributed by atoms with Gasteiger partial charge < -0.3 is 89.9 Å². The fourth-order valence-corrected chi connectivity index (χ4v) is 8.26. The van der Waals surface area contributed by atoms with Gasteiger partial charge in [0, 0.05) is 6.42 Å². The van der Waals surface area contributed by atoms with E-state index in [9.17, 15) is 61.0 Å². The Kier molecular flexibility index (Phi) is 31.4. The van der Waals surface area contributed by atoms with Crippen LogP contribution in [0.3, 0.4) is 0 Å². The highest BCUT2D eigenvalue weighted by atomic mass is 16.8. The number of nitrogens with one attached hydrogen (secondary N) is 1. The molecule has 0 aromatic rings. The summed E-state index contributed by atoms with van der Waals surface area (Å²) in [7, 11) is 0. The van der Waals surface area contributed by atoms with Gasteiger partial charge in [0.1, 0.15) is 73.2 Å². The SMILES string of the molecule is CC/C=C\C/C=C\C/C=C\CCCCCCCCCC(=O)NC(COC1OC(CO)C(OC2OC(CO)C(OC3OC(CO)C(O)C(O)C3O)C(O)C2O)C(O)C1O)C(O)/C=C/CC/C=C/CCCC. The molecule has 70 heavy (non-hydrogen) atoms. The molecule has 3 heterocycles. The molecule has 3 saturated heterocycles. The number of rotatable bonds is 34. The van der Waals surface area contributed by atoms with Crippen molar-refractivity contribution in [3.63, 3.8) is 0 Å². The van der Waals surface area contributed by atoms with E-state index >= 15 is 0 Å². The minimum absolute atomic E-state index is 0.220. The van der Waals surface area contributed by atoms with Crippen molar-refractivity contribution in [2.45, 2.75) is 227 Å². The van der Waals surface area contributed by atoms with E-state index in [0.29, 0.717) is 12.8 Å². The molecule has 0 saturated carbocycles. The number of ether oxygens (including phenoxy) is 6. The lowest BCUT2D eigenvalue weighted by Gasteiger charge is -2.48. The van der Waals surface area contributed by atoms with Gasteiger partial charge in [0.2, 0.25) is 5.91 Å². The molecule has 19 nitrogen and oxygen atoms in total. The summed E-state index contributed by atoms with van der Waals surface area (Å²) in [4.78, 5) is 13.2. The Bertz CT molecular complexity index is 1530. The van der Waals surface area contributed by atoms with Crippen molar-refractivity contribution in [2.75, 3.05) is 26.4 Å². The van der Waals surface area contributed by atoms with Crippen molar-refractivity contribution in [2.24, 2.45) is 0 Å².